The molecule has 0 aliphatic carbocycles. The minimum Gasteiger partial charge on any atom is -0.508 e. The first kappa shape index (κ1) is 32.1. The van der Waals surface area contributed by atoms with Crippen molar-refractivity contribution in [3.05, 3.63) is 95.1 Å². The van der Waals surface area contributed by atoms with Crippen LogP contribution in [0.2, 0.25) is 0 Å². The molecule has 236 valence electrons. The first-order chi connectivity index (χ1) is 21.9. The van der Waals surface area contributed by atoms with E-state index in [9.17, 15) is 19.8 Å². The molecule has 5 rings (SSSR count). The quantitative estimate of drug-likeness (QED) is 0.0825. The van der Waals surface area contributed by atoms with Gasteiger partial charge in [-0.1, -0.05) is 60.3 Å². The number of phenols is 1. The van der Waals surface area contributed by atoms with Gasteiger partial charge in [-0.3, -0.25) is 14.8 Å². The van der Waals surface area contributed by atoms with Crippen molar-refractivity contribution in [2.75, 3.05) is 5.75 Å². The number of nitrogens with one attached hydrogen (secondary N) is 2. The molecule has 1 aromatic heterocycles. The van der Waals surface area contributed by atoms with E-state index in [4.69, 9.17) is 14.7 Å². The van der Waals surface area contributed by atoms with Gasteiger partial charge >= 0.3 is 0 Å². The molecule has 3 aromatic carbocycles. The molecule has 0 saturated carbocycles. The number of rotatable bonds is 13. The fourth-order valence-corrected chi connectivity index (χ4v) is 5.67. The smallest absolute Gasteiger partial charge is 0.243 e. The van der Waals surface area contributed by atoms with Crippen LogP contribution in [-0.4, -0.2) is 59.3 Å². The van der Waals surface area contributed by atoms with E-state index in [1.54, 1.807) is 34.4 Å². The van der Waals surface area contributed by atoms with Crippen LogP contribution in [0.5, 0.6) is 5.75 Å². The third-order valence-electron chi connectivity index (χ3n) is 7.22. The second-order valence-corrected chi connectivity index (χ2v) is 11.4. The number of aromatic hydroxyl groups is 1. The number of tetrazole rings is 1. The number of thioether (sulfide) groups is 1. The molecule has 3 atom stereocenters. The largest absolute Gasteiger partial charge is 0.508 e. The van der Waals surface area contributed by atoms with Crippen LogP contribution in [0, 0.1) is 0 Å². The Morgan fingerprint density at radius 3 is 2.31 bits per heavy atom. The highest BCUT2D eigenvalue weighted by atomic mass is 32.2. The Hall–Kier alpha value is -4.34. The summed E-state index contributed by atoms with van der Waals surface area (Å²) in [6.45, 7) is 0.284. The summed E-state index contributed by atoms with van der Waals surface area (Å²) in [5.74, 6) is -0.00514. The lowest BCUT2D eigenvalue weighted by Crippen LogP contribution is -2.31. The van der Waals surface area contributed by atoms with Crippen molar-refractivity contribution >= 4 is 23.6 Å². The second kappa shape index (κ2) is 15.6. The van der Waals surface area contributed by atoms with Crippen LogP contribution in [0.25, 0.3) is 5.69 Å². The van der Waals surface area contributed by atoms with Gasteiger partial charge in [0, 0.05) is 37.1 Å². The van der Waals surface area contributed by atoms with Gasteiger partial charge in [0.2, 0.25) is 17.0 Å². The van der Waals surface area contributed by atoms with E-state index in [0.29, 0.717) is 30.3 Å². The fraction of sp³-hybridized carbons (Fsp3) is 0.323. The molecule has 1 saturated heterocycles. The van der Waals surface area contributed by atoms with Gasteiger partial charge in [-0.15, -0.1) is 5.10 Å². The van der Waals surface area contributed by atoms with Crippen LogP contribution in [0.1, 0.15) is 60.3 Å². The second-order valence-electron chi connectivity index (χ2n) is 10.5. The summed E-state index contributed by atoms with van der Waals surface area (Å²) in [6, 6.07) is 21.9. The Balaban J connectivity index is 1.24. The van der Waals surface area contributed by atoms with Gasteiger partial charge in [-0.2, -0.15) is 4.68 Å². The maximum Gasteiger partial charge on any atom is 0.243 e. The minimum atomic E-state index is -0.652. The SMILES string of the molecule is O=C(CCCC(=O)NCc1ccc([C@H]2O[C@@H](CSc3nnnn3-c3ccc(O)cc3)C[C@@H](c3ccc(CO)cc3)O2)cc1)NO. The lowest BCUT2D eigenvalue weighted by Gasteiger charge is -2.36. The molecule has 4 aromatic rings. The van der Waals surface area contributed by atoms with Crippen molar-refractivity contribution < 1.29 is 34.5 Å². The van der Waals surface area contributed by atoms with E-state index in [2.05, 4.69) is 20.8 Å². The highest BCUT2D eigenvalue weighted by Crippen LogP contribution is 2.39. The molecule has 2 heterocycles. The van der Waals surface area contributed by atoms with Crippen LogP contribution in [-0.2, 0) is 32.2 Å². The van der Waals surface area contributed by atoms with Crippen LogP contribution >= 0.6 is 11.8 Å². The number of aliphatic hydroxyl groups excluding tert-OH is 1. The molecule has 0 radical (unpaired) electrons. The summed E-state index contributed by atoms with van der Waals surface area (Å²) >= 11 is 1.46. The monoisotopic (exact) mass is 634 g/mol. The number of hydrogen-bond donors (Lipinski definition) is 5. The van der Waals surface area contributed by atoms with Gasteiger partial charge in [-0.25, -0.2) is 5.48 Å². The van der Waals surface area contributed by atoms with Crippen LogP contribution < -0.4 is 10.8 Å². The van der Waals surface area contributed by atoms with Crippen molar-refractivity contribution in [1.82, 2.24) is 31.0 Å². The number of hydrogen-bond acceptors (Lipinski definition) is 11. The third kappa shape index (κ3) is 8.86. The lowest BCUT2D eigenvalue weighted by molar-refractivity contribution is -0.245. The highest BCUT2D eigenvalue weighted by molar-refractivity contribution is 7.99. The van der Waals surface area contributed by atoms with Gasteiger partial charge < -0.3 is 25.0 Å². The van der Waals surface area contributed by atoms with Crippen LogP contribution in [0.15, 0.2) is 78.0 Å². The Labute approximate surface area is 263 Å². The first-order valence-corrected chi connectivity index (χ1v) is 15.4. The van der Waals surface area contributed by atoms with Crippen molar-refractivity contribution in [3.63, 3.8) is 0 Å². The summed E-state index contributed by atoms with van der Waals surface area (Å²) in [4.78, 5) is 23.2. The van der Waals surface area contributed by atoms with E-state index in [-0.39, 0.29) is 43.3 Å². The Morgan fingerprint density at radius 1 is 0.911 bits per heavy atom. The zero-order valence-electron chi connectivity index (χ0n) is 24.3. The highest BCUT2D eigenvalue weighted by Gasteiger charge is 2.32. The van der Waals surface area contributed by atoms with E-state index in [1.165, 1.54) is 11.8 Å². The Bertz CT molecular complexity index is 1550. The summed E-state index contributed by atoms with van der Waals surface area (Å²) in [5.41, 5.74) is 5.77. The molecular formula is C31H34N6O7S. The maximum absolute atomic E-state index is 12.1. The Morgan fingerprint density at radius 2 is 1.60 bits per heavy atom. The molecule has 13 nitrogen and oxygen atoms in total. The normalized spacial score (nSPS) is 18.0. The molecule has 1 aliphatic heterocycles. The lowest BCUT2D eigenvalue weighted by atomic mass is 10.0. The number of hydroxylamine groups is 1. The summed E-state index contributed by atoms with van der Waals surface area (Å²) < 4.78 is 14.5. The summed E-state index contributed by atoms with van der Waals surface area (Å²) in [7, 11) is 0. The van der Waals surface area contributed by atoms with E-state index < -0.39 is 12.2 Å². The average Bonchev–Trinajstić information content (AvgIpc) is 3.55. The number of amides is 2. The number of carbonyl (C=O) groups is 2. The van der Waals surface area contributed by atoms with Crippen LogP contribution in [0.3, 0.4) is 0 Å². The molecule has 45 heavy (non-hydrogen) atoms. The Kier molecular flexibility index (Phi) is 11.1. The molecule has 2 amide bonds. The number of benzene rings is 3. The standard InChI is InChI=1S/C31H34N6O7S/c38-18-21-6-8-22(9-7-21)27-16-26(19-45-31-33-35-36-37(31)24-12-14-25(39)15-13-24)43-30(44-27)23-10-4-20(5-11-23)17-32-28(40)2-1-3-29(41)34-42/h4-15,26-27,30,38-39,42H,1-3,16-19H2,(H,32,40)(H,34,41)/t26-,27+,30+/m1/s1. The van der Waals surface area contributed by atoms with Gasteiger partial charge in [0.15, 0.2) is 6.29 Å². The maximum atomic E-state index is 12.1. The van der Waals surface area contributed by atoms with E-state index in [0.717, 1.165) is 27.9 Å². The van der Waals surface area contributed by atoms with E-state index in [1.807, 2.05) is 48.5 Å². The molecule has 5 N–H and O–H groups in total. The third-order valence-corrected chi connectivity index (χ3v) is 8.27. The molecule has 14 heteroatoms. The topological polar surface area (TPSA) is 181 Å². The summed E-state index contributed by atoms with van der Waals surface area (Å²) in [5, 5.41) is 43.2. The zero-order chi connectivity index (χ0) is 31.6. The molecule has 0 unspecified atom stereocenters. The molecule has 1 aliphatic rings. The number of aromatic nitrogens is 4. The van der Waals surface area contributed by atoms with Crippen molar-refractivity contribution in [3.8, 4) is 11.4 Å². The van der Waals surface area contributed by atoms with Gasteiger partial charge in [-0.05, 0) is 57.8 Å². The van der Waals surface area contributed by atoms with Gasteiger partial charge in [0.25, 0.3) is 0 Å². The first-order valence-electron chi connectivity index (χ1n) is 14.4. The van der Waals surface area contributed by atoms with Gasteiger partial charge in [0.1, 0.15) is 5.75 Å². The summed E-state index contributed by atoms with van der Waals surface area (Å²) in [6.07, 6.45) is 0.0459. The number of carbonyl (C=O) groups excluding carboxylic acids is 2. The zero-order valence-corrected chi connectivity index (χ0v) is 25.1. The molecule has 0 spiro atoms. The number of phenolic OH excluding ortho intramolecular Hbond substituents is 1. The van der Waals surface area contributed by atoms with E-state index >= 15 is 0 Å². The molecule has 1 fully saturated rings. The molecular weight excluding hydrogens is 600 g/mol. The number of nitrogens with zero attached hydrogens (tertiary/aromatic N) is 4. The predicted molar refractivity (Wildman–Crippen MR) is 162 cm³/mol. The van der Waals surface area contributed by atoms with Crippen molar-refractivity contribution in [2.24, 2.45) is 0 Å². The number of aliphatic hydroxyl groups is 1. The number of ether oxygens (including phenoxy) is 2. The van der Waals surface area contributed by atoms with Crippen molar-refractivity contribution in [1.29, 1.82) is 0 Å². The minimum absolute atomic E-state index is 0.0414. The molecule has 0 bridgehead atoms. The average molecular weight is 635 g/mol. The fourth-order valence-electron chi connectivity index (χ4n) is 4.76. The van der Waals surface area contributed by atoms with Crippen LogP contribution in [0.4, 0.5) is 0 Å². The van der Waals surface area contributed by atoms with Gasteiger partial charge in [0.05, 0.1) is 24.5 Å². The van der Waals surface area contributed by atoms with Crippen molar-refractivity contribution in [2.45, 2.75) is 62.5 Å². The predicted octanol–water partition coefficient (Wildman–Crippen LogP) is 3.49.